The molecule has 1 aliphatic carbocycles. The fourth-order valence-corrected chi connectivity index (χ4v) is 3.88. The van der Waals surface area contributed by atoms with Crippen molar-refractivity contribution in [2.45, 2.75) is 65.6 Å². The fourth-order valence-electron chi connectivity index (χ4n) is 3.88. The molecule has 0 fully saturated rings. The van der Waals surface area contributed by atoms with Crippen molar-refractivity contribution in [1.29, 1.82) is 0 Å². The summed E-state index contributed by atoms with van der Waals surface area (Å²) in [6, 6.07) is 1.44. The van der Waals surface area contributed by atoms with E-state index in [9.17, 15) is 19.5 Å². The first kappa shape index (κ1) is 19.3. The molecule has 6 nitrogen and oxygen atoms in total. The zero-order valence-electron chi connectivity index (χ0n) is 16.1. The lowest BCUT2D eigenvalue weighted by Crippen LogP contribution is -2.42. The Morgan fingerprint density at radius 3 is 2.48 bits per heavy atom. The third kappa shape index (κ3) is 3.41. The molecule has 1 atom stereocenters. The highest BCUT2D eigenvalue weighted by Gasteiger charge is 2.38. The molecule has 1 aromatic heterocycles. The SMILES string of the molecule is CCCCCCCn1c2c(c(C)cc1=O)C(=O)C1=C(NC(O)C=C1C)C2=O. The normalized spacial score (nSPS) is 18.8. The monoisotopic (exact) mass is 370 g/mol. The van der Waals surface area contributed by atoms with Crippen molar-refractivity contribution in [3.05, 3.63) is 56.2 Å². The number of aliphatic hydroxyl groups excluding tert-OH is 1. The minimum Gasteiger partial charge on any atom is -0.370 e. The molecule has 0 radical (unpaired) electrons. The Hall–Kier alpha value is -2.47. The summed E-state index contributed by atoms with van der Waals surface area (Å²) in [7, 11) is 0. The van der Waals surface area contributed by atoms with Gasteiger partial charge in [0.25, 0.3) is 5.56 Å². The molecular formula is C21H26N2O4. The first-order valence-electron chi connectivity index (χ1n) is 9.58. The van der Waals surface area contributed by atoms with E-state index in [-0.39, 0.29) is 28.3 Å². The Balaban J connectivity index is 2.04. The van der Waals surface area contributed by atoms with E-state index in [1.165, 1.54) is 16.7 Å². The quantitative estimate of drug-likeness (QED) is 0.752. The molecule has 0 amide bonds. The summed E-state index contributed by atoms with van der Waals surface area (Å²) in [5.74, 6) is -0.676. The maximum absolute atomic E-state index is 13.2. The molecular weight excluding hydrogens is 344 g/mol. The van der Waals surface area contributed by atoms with E-state index in [4.69, 9.17) is 0 Å². The van der Waals surface area contributed by atoms with Gasteiger partial charge < -0.3 is 15.0 Å². The number of nitrogens with zero attached hydrogens (tertiary/aromatic N) is 1. The van der Waals surface area contributed by atoms with Crippen molar-refractivity contribution in [2.24, 2.45) is 0 Å². The van der Waals surface area contributed by atoms with E-state index < -0.39 is 12.0 Å². The molecule has 0 bridgehead atoms. The van der Waals surface area contributed by atoms with Crippen molar-refractivity contribution < 1.29 is 14.7 Å². The smallest absolute Gasteiger partial charge is 0.251 e. The molecule has 2 N–H and O–H groups in total. The van der Waals surface area contributed by atoms with Gasteiger partial charge in [0, 0.05) is 12.6 Å². The van der Waals surface area contributed by atoms with Crippen LogP contribution in [0.5, 0.6) is 0 Å². The predicted molar refractivity (Wildman–Crippen MR) is 103 cm³/mol. The summed E-state index contributed by atoms with van der Waals surface area (Å²) >= 11 is 0. The van der Waals surface area contributed by atoms with Gasteiger partial charge in [0.1, 0.15) is 11.9 Å². The van der Waals surface area contributed by atoms with Crippen molar-refractivity contribution >= 4 is 11.6 Å². The van der Waals surface area contributed by atoms with Crippen LogP contribution in [0.3, 0.4) is 0 Å². The lowest BCUT2D eigenvalue weighted by atomic mass is 9.83. The van der Waals surface area contributed by atoms with Crippen LogP contribution >= 0.6 is 0 Å². The van der Waals surface area contributed by atoms with Gasteiger partial charge in [0.05, 0.1) is 16.8 Å². The third-order valence-corrected chi connectivity index (χ3v) is 5.23. The standard InChI is InChI=1S/C21H26N2O4/c1-4-5-6-7-8-9-23-15(25)11-13(3)17-19(23)21(27)18-16(20(17)26)12(2)10-14(24)22-18/h10-11,14,22,24H,4-9H2,1-3H3. The average molecular weight is 370 g/mol. The number of fused-ring (bicyclic) bond motifs is 1. The second-order valence-electron chi connectivity index (χ2n) is 7.30. The molecule has 27 heavy (non-hydrogen) atoms. The number of dihydropyridines is 1. The molecule has 0 spiro atoms. The summed E-state index contributed by atoms with van der Waals surface area (Å²) in [6.07, 6.45) is 5.58. The van der Waals surface area contributed by atoms with Gasteiger partial charge in [-0.15, -0.1) is 0 Å². The first-order valence-corrected chi connectivity index (χ1v) is 9.58. The van der Waals surface area contributed by atoms with Crippen LogP contribution in [0.1, 0.15) is 72.4 Å². The highest BCUT2D eigenvalue weighted by molar-refractivity contribution is 6.28. The van der Waals surface area contributed by atoms with E-state index in [2.05, 4.69) is 12.2 Å². The molecule has 2 aliphatic rings. The van der Waals surface area contributed by atoms with Crippen LogP contribution in [0.4, 0.5) is 0 Å². The number of aryl methyl sites for hydroxylation is 1. The zero-order valence-corrected chi connectivity index (χ0v) is 16.1. The van der Waals surface area contributed by atoms with Crippen LogP contribution in [-0.2, 0) is 6.54 Å². The molecule has 1 unspecified atom stereocenters. The second kappa shape index (κ2) is 7.64. The number of pyridine rings is 1. The highest BCUT2D eigenvalue weighted by Crippen LogP contribution is 2.32. The van der Waals surface area contributed by atoms with Crippen molar-refractivity contribution in [3.8, 4) is 0 Å². The number of Topliss-reactive ketones (excluding diaryl/α,β-unsaturated/α-hetero) is 2. The summed E-state index contributed by atoms with van der Waals surface area (Å²) in [4.78, 5) is 38.9. The fraction of sp³-hybridized carbons (Fsp3) is 0.476. The molecule has 1 aromatic rings. The number of carbonyl (C=O) groups excluding carboxylic acids is 2. The van der Waals surface area contributed by atoms with Gasteiger partial charge in [-0.2, -0.15) is 0 Å². The van der Waals surface area contributed by atoms with Gasteiger partial charge in [0.2, 0.25) is 5.78 Å². The van der Waals surface area contributed by atoms with Gasteiger partial charge in [-0.3, -0.25) is 14.4 Å². The molecule has 0 saturated heterocycles. The highest BCUT2D eigenvalue weighted by atomic mass is 16.3. The van der Waals surface area contributed by atoms with Crippen LogP contribution in [0, 0.1) is 6.92 Å². The number of hydrogen-bond donors (Lipinski definition) is 2. The maximum Gasteiger partial charge on any atom is 0.251 e. The Morgan fingerprint density at radius 2 is 1.78 bits per heavy atom. The van der Waals surface area contributed by atoms with Gasteiger partial charge in [0.15, 0.2) is 5.78 Å². The Morgan fingerprint density at radius 1 is 1.07 bits per heavy atom. The predicted octanol–water partition coefficient (Wildman–Crippen LogP) is 2.63. The molecule has 144 valence electrons. The topological polar surface area (TPSA) is 88.4 Å². The Labute approximate surface area is 158 Å². The number of ketones is 2. The Kier molecular flexibility index (Phi) is 5.46. The largest absolute Gasteiger partial charge is 0.370 e. The number of unbranched alkanes of at least 4 members (excludes halogenated alkanes) is 4. The lowest BCUT2D eigenvalue weighted by molar-refractivity contribution is 0.0940. The lowest BCUT2D eigenvalue weighted by Gasteiger charge is -2.29. The number of aliphatic hydroxyl groups is 1. The Bertz CT molecular complexity index is 921. The number of carbonyl (C=O) groups is 2. The minimum absolute atomic E-state index is 0.0877. The molecule has 1 aliphatic heterocycles. The third-order valence-electron chi connectivity index (χ3n) is 5.23. The van der Waals surface area contributed by atoms with Gasteiger partial charge in [-0.25, -0.2) is 0 Å². The molecule has 0 aromatic carbocycles. The van der Waals surface area contributed by atoms with Crippen LogP contribution in [0.25, 0.3) is 0 Å². The van der Waals surface area contributed by atoms with E-state index >= 15 is 0 Å². The van der Waals surface area contributed by atoms with Crippen LogP contribution in [0.15, 0.2) is 33.8 Å². The number of allylic oxidation sites excluding steroid dienone is 3. The van der Waals surface area contributed by atoms with Crippen LogP contribution < -0.4 is 10.9 Å². The molecule has 3 rings (SSSR count). The van der Waals surface area contributed by atoms with Crippen molar-refractivity contribution in [1.82, 2.24) is 9.88 Å². The van der Waals surface area contributed by atoms with Crippen molar-refractivity contribution in [3.63, 3.8) is 0 Å². The van der Waals surface area contributed by atoms with E-state index in [1.807, 2.05) is 0 Å². The van der Waals surface area contributed by atoms with E-state index in [0.717, 1.165) is 32.1 Å². The summed E-state index contributed by atoms with van der Waals surface area (Å²) in [6.45, 7) is 5.93. The maximum atomic E-state index is 13.2. The summed E-state index contributed by atoms with van der Waals surface area (Å²) in [5.41, 5.74) is 1.64. The summed E-state index contributed by atoms with van der Waals surface area (Å²) < 4.78 is 1.43. The number of nitrogens with one attached hydrogen (secondary N) is 1. The van der Waals surface area contributed by atoms with Crippen molar-refractivity contribution in [2.75, 3.05) is 0 Å². The first-order chi connectivity index (χ1) is 12.9. The summed E-state index contributed by atoms with van der Waals surface area (Å²) in [5, 5.41) is 12.6. The number of rotatable bonds is 6. The second-order valence-corrected chi connectivity index (χ2v) is 7.30. The van der Waals surface area contributed by atoms with Crippen LogP contribution in [-0.4, -0.2) is 27.5 Å². The number of hydrogen-bond acceptors (Lipinski definition) is 5. The molecule has 0 saturated carbocycles. The molecule has 6 heteroatoms. The van der Waals surface area contributed by atoms with E-state index in [0.29, 0.717) is 23.2 Å². The average Bonchev–Trinajstić information content (AvgIpc) is 2.60. The zero-order chi connectivity index (χ0) is 19.7. The minimum atomic E-state index is -1.03. The van der Waals surface area contributed by atoms with Gasteiger partial charge in [-0.05, 0) is 37.5 Å². The van der Waals surface area contributed by atoms with E-state index in [1.54, 1.807) is 13.8 Å². The molecule has 2 heterocycles. The number of aromatic nitrogens is 1. The van der Waals surface area contributed by atoms with Crippen LogP contribution in [0.2, 0.25) is 0 Å². The van der Waals surface area contributed by atoms with Gasteiger partial charge >= 0.3 is 0 Å². The van der Waals surface area contributed by atoms with Gasteiger partial charge in [-0.1, -0.05) is 32.6 Å².